The number of halogens is 7. The first-order valence-corrected chi connectivity index (χ1v) is 6.21. The van der Waals surface area contributed by atoms with Crippen molar-refractivity contribution in [2.75, 3.05) is 0 Å². The Morgan fingerprint density at radius 2 is 1.45 bits per heavy atom. The number of aromatic nitrogens is 1. The van der Waals surface area contributed by atoms with Gasteiger partial charge in [-0.05, 0) is 23.8 Å². The van der Waals surface area contributed by atoms with Crippen LogP contribution in [0.5, 0.6) is 0 Å². The van der Waals surface area contributed by atoms with Gasteiger partial charge in [0.1, 0.15) is 5.69 Å². The van der Waals surface area contributed by atoms with E-state index >= 15 is 0 Å². The molecule has 0 bridgehead atoms. The average molecular weight is 345 g/mol. The van der Waals surface area contributed by atoms with E-state index in [0.717, 1.165) is 6.07 Å². The van der Waals surface area contributed by atoms with Crippen LogP contribution >= 0.6 is 34.8 Å². The predicted molar refractivity (Wildman–Crippen MR) is 69.7 cm³/mol. The van der Waals surface area contributed by atoms with Crippen molar-refractivity contribution in [3.8, 4) is 11.1 Å². The van der Waals surface area contributed by atoms with E-state index in [0.29, 0.717) is 6.07 Å². The van der Waals surface area contributed by atoms with Crippen LogP contribution in [0.15, 0.2) is 24.3 Å². The van der Waals surface area contributed by atoms with Gasteiger partial charge >= 0.3 is 6.18 Å². The van der Waals surface area contributed by atoms with Gasteiger partial charge in [-0.15, -0.1) is 0 Å². The van der Waals surface area contributed by atoms with Crippen molar-refractivity contribution >= 4 is 34.8 Å². The summed E-state index contributed by atoms with van der Waals surface area (Å²) >= 11 is 17.5. The SMILES string of the molecule is Fc1cc(-c2c(Cl)cc(Cl)cc2Cl)cc(C(F)(F)F)n1. The molecule has 8 heteroatoms. The Hall–Kier alpha value is -1.04. The van der Waals surface area contributed by atoms with Crippen molar-refractivity contribution < 1.29 is 17.6 Å². The zero-order valence-electron chi connectivity index (χ0n) is 9.40. The second kappa shape index (κ2) is 5.39. The standard InChI is InChI=1S/C12H4Cl3F4N/c13-6-3-7(14)11(8(15)4-6)5-1-9(12(17,18)19)20-10(16)2-5/h1-4H. The summed E-state index contributed by atoms with van der Waals surface area (Å²) in [6.07, 6.45) is -4.78. The third-order valence-electron chi connectivity index (χ3n) is 2.38. The Morgan fingerprint density at radius 1 is 0.900 bits per heavy atom. The zero-order valence-corrected chi connectivity index (χ0v) is 11.7. The van der Waals surface area contributed by atoms with Gasteiger partial charge in [0.25, 0.3) is 0 Å². The summed E-state index contributed by atoms with van der Waals surface area (Å²) in [7, 11) is 0. The lowest BCUT2D eigenvalue weighted by Crippen LogP contribution is -2.09. The first kappa shape index (κ1) is 15.4. The fourth-order valence-electron chi connectivity index (χ4n) is 1.60. The molecule has 1 aromatic carbocycles. The molecule has 0 fully saturated rings. The molecule has 0 saturated carbocycles. The van der Waals surface area contributed by atoms with E-state index in [1.807, 2.05) is 0 Å². The molecule has 0 N–H and O–H groups in total. The van der Waals surface area contributed by atoms with Crippen LogP contribution in [0.25, 0.3) is 11.1 Å². The van der Waals surface area contributed by atoms with Gasteiger partial charge in [-0.2, -0.15) is 17.6 Å². The summed E-state index contributed by atoms with van der Waals surface area (Å²) in [5, 5.41) is 0.247. The monoisotopic (exact) mass is 343 g/mol. The van der Waals surface area contributed by atoms with Gasteiger partial charge in [0, 0.05) is 16.7 Å². The summed E-state index contributed by atoms with van der Waals surface area (Å²) in [5.74, 6) is -1.28. The van der Waals surface area contributed by atoms with Crippen LogP contribution in [-0.4, -0.2) is 4.98 Å². The molecule has 0 aliphatic heterocycles. The topological polar surface area (TPSA) is 12.9 Å². The van der Waals surface area contributed by atoms with E-state index in [1.165, 1.54) is 12.1 Å². The zero-order chi connectivity index (χ0) is 15.1. The molecule has 2 aromatic rings. The van der Waals surface area contributed by atoms with Crippen molar-refractivity contribution in [3.05, 3.63) is 51.0 Å². The maximum atomic E-state index is 13.3. The van der Waals surface area contributed by atoms with Crippen LogP contribution < -0.4 is 0 Å². The van der Waals surface area contributed by atoms with Crippen molar-refractivity contribution in [3.63, 3.8) is 0 Å². The smallest absolute Gasteiger partial charge is 0.215 e. The first-order valence-electron chi connectivity index (χ1n) is 5.08. The molecule has 2 rings (SSSR count). The van der Waals surface area contributed by atoms with Crippen molar-refractivity contribution in [1.82, 2.24) is 4.98 Å². The highest BCUT2D eigenvalue weighted by atomic mass is 35.5. The Morgan fingerprint density at radius 3 is 1.95 bits per heavy atom. The molecule has 0 aliphatic carbocycles. The van der Waals surface area contributed by atoms with Crippen LogP contribution in [0.1, 0.15) is 5.69 Å². The summed E-state index contributed by atoms with van der Waals surface area (Å²) in [6, 6.07) is 4.09. The van der Waals surface area contributed by atoms with E-state index in [4.69, 9.17) is 34.8 Å². The predicted octanol–water partition coefficient (Wildman–Crippen LogP) is 5.87. The van der Waals surface area contributed by atoms with Gasteiger partial charge in [-0.25, -0.2) is 4.98 Å². The lowest BCUT2D eigenvalue weighted by Gasteiger charge is -2.11. The highest BCUT2D eigenvalue weighted by Crippen LogP contribution is 2.39. The number of alkyl halides is 3. The molecule has 0 saturated heterocycles. The van der Waals surface area contributed by atoms with E-state index in [1.54, 1.807) is 0 Å². The van der Waals surface area contributed by atoms with Gasteiger partial charge in [-0.1, -0.05) is 34.8 Å². The molecule has 1 nitrogen and oxygen atoms in total. The van der Waals surface area contributed by atoms with Gasteiger partial charge in [0.05, 0.1) is 10.0 Å². The van der Waals surface area contributed by atoms with Crippen LogP contribution in [0, 0.1) is 5.95 Å². The Kier molecular flexibility index (Phi) is 4.14. The number of nitrogens with zero attached hydrogens (tertiary/aromatic N) is 1. The molecule has 0 atom stereocenters. The van der Waals surface area contributed by atoms with Gasteiger partial charge in [0.15, 0.2) is 0 Å². The molecule has 0 spiro atoms. The van der Waals surface area contributed by atoms with Crippen LogP contribution in [0.3, 0.4) is 0 Å². The lowest BCUT2D eigenvalue weighted by atomic mass is 10.1. The molecular formula is C12H4Cl3F4N. The third-order valence-corrected chi connectivity index (χ3v) is 3.19. The van der Waals surface area contributed by atoms with Crippen molar-refractivity contribution in [2.45, 2.75) is 6.18 Å². The van der Waals surface area contributed by atoms with E-state index in [-0.39, 0.29) is 26.2 Å². The minimum atomic E-state index is -4.78. The fraction of sp³-hybridized carbons (Fsp3) is 0.0833. The highest BCUT2D eigenvalue weighted by Gasteiger charge is 2.33. The normalized spacial score (nSPS) is 11.8. The number of benzene rings is 1. The summed E-state index contributed by atoms with van der Waals surface area (Å²) < 4.78 is 51.1. The second-order valence-electron chi connectivity index (χ2n) is 3.81. The van der Waals surface area contributed by atoms with Crippen LogP contribution in [0.4, 0.5) is 17.6 Å². The van der Waals surface area contributed by atoms with Crippen LogP contribution in [0.2, 0.25) is 15.1 Å². The number of hydrogen-bond acceptors (Lipinski definition) is 1. The highest BCUT2D eigenvalue weighted by molar-refractivity contribution is 6.41. The van der Waals surface area contributed by atoms with Crippen LogP contribution in [-0.2, 0) is 6.18 Å². The Labute approximate surface area is 126 Å². The minimum Gasteiger partial charge on any atom is -0.215 e. The summed E-state index contributed by atoms with van der Waals surface area (Å²) in [5.41, 5.74) is -1.43. The quantitative estimate of drug-likeness (QED) is 0.466. The number of rotatable bonds is 1. The first-order chi connectivity index (χ1) is 9.18. The summed E-state index contributed by atoms with van der Waals surface area (Å²) in [6.45, 7) is 0. The number of pyridine rings is 1. The largest absolute Gasteiger partial charge is 0.433 e. The summed E-state index contributed by atoms with van der Waals surface area (Å²) in [4.78, 5) is 2.80. The maximum absolute atomic E-state index is 13.3. The van der Waals surface area contributed by atoms with E-state index in [2.05, 4.69) is 4.98 Å². The lowest BCUT2D eigenvalue weighted by molar-refractivity contribution is -0.141. The Balaban J connectivity index is 2.68. The van der Waals surface area contributed by atoms with Crippen molar-refractivity contribution in [2.24, 2.45) is 0 Å². The Bertz CT molecular complexity index is 647. The molecule has 106 valence electrons. The average Bonchev–Trinajstić information content (AvgIpc) is 2.25. The number of hydrogen-bond donors (Lipinski definition) is 0. The van der Waals surface area contributed by atoms with Gasteiger partial charge in [0.2, 0.25) is 5.95 Å². The molecule has 0 radical (unpaired) electrons. The fourth-order valence-corrected chi connectivity index (χ4v) is 2.64. The molecule has 0 aliphatic rings. The molecule has 0 amide bonds. The molecule has 0 unspecified atom stereocenters. The van der Waals surface area contributed by atoms with E-state index in [9.17, 15) is 17.6 Å². The third kappa shape index (κ3) is 3.16. The second-order valence-corrected chi connectivity index (χ2v) is 5.06. The molecule has 1 aromatic heterocycles. The molecule has 20 heavy (non-hydrogen) atoms. The van der Waals surface area contributed by atoms with Crippen molar-refractivity contribution in [1.29, 1.82) is 0 Å². The van der Waals surface area contributed by atoms with Gasteiger partial charge in [-0.3, -0.25) is 0 Å². The minimum absolute atomic E-state index is 0.0150. The van der Waals surface area contributed by atoms with E-state index < -0.39 is 17.8 Å². The maximum Gasteiger partial charge on any atom is 0.433 e. The molecular weight excluding hydrogens is 340 g/mol. The molecule has 1 heterocycles. The van der Waals surface area contributed by atoms with Gasteiger partial charge < -0.3 is 0 Å².